The maximum Gasteiger partial charge on any atom is 0.243 e. The second-order valence-electron chi connectivity index (χ2n) is 8.96. The van der Waals surface area contributed by atoms with E-state index in [-0.39, 0.29) is 18.2 Å². The van der Waals surface area contributed by atoms with Crippen molar-refractivity contribution < 1.29 is 9.59 Å². The number of rotatable bonds is 11. The fourth-order valence-corrected chi connectivity index (χ4v) is 4.02. The van der Waals surface area contributed by atoms with E-state index in [0.717, 1.165) is 35.1 Å². The molecule has 0 aliphatic heterocycles. The van der Waals surface area contributed by atoms with Crippen molar-refractivity contribution in [1.82, 2.24) is 10.2 Å². The molecule has 4 nitrogen and oxygen atoms in total. The van der Waals surface area contributed by atoms with Crippen molar-refractivity contribution >= 4 is 11.8 Å². The van der Waals surface area contributed by atoms with Crippen LogP contribution in [0.15, 0.2) is 78.9 Å². The third-order valence-electron chi connectivity index (χ3n) is 6.18. The van der Waals surface area contributed by atoms with Gasteiger partial charge in [0.1, 0.15) is 6.04 Å². The molecule has 0 bridgehead atoms. The highest BCUT2D eigenvalue weighted by atomic mass is 16.2. The van der Waals surface area contributed by atoms with Crippen molar-refractivity contribution in [2.45, 2.75) is 59.0 Å². The lowest BCUT2D eigenvalue weighted by Gasteiger charge is -2.32. The molecule has 0 fully saturated rings. The van der Waals surface area contributed by atoms with E-state index < -0.39 is 6.04 Å². The number of hydrogen-bond donors (Lipinski definition) is 1. The van der Waals surface area contributed by atoms with Crippen molar-refractivity contribution in [1.29, 1.82) is 0 Å². The molecule has 0 aliphatic rings. The van der Waals surface area contributed by atoms with Crippen LogP contribution in [0.25, 0.3) is 0 Å². The molecule has 1 atom stereocenters. The molecule has 0 spiro atoms. The molecule has 0 aliphatic carbocycles. The average Bonchev–Trinajstić information content (AvgIpc) is 2.84. The van der Waals surface area contributed by atoms with Gasteiger partial charge in [-0.2, -0.15) is 0 Å². The van der Waals surface area contributed by atoms with Crippen LogP contribution in [-0.4, -0.2) is 29.3 Å². The second kappa shape index (κ2) is 12.7. The van der Waals surface area contributed by atoms with Crippen LogP contribution in [-0.2, 0) is 29.0 Å². The summed E-state index contributed by atoms with van der Waals surface area (Å²) < 4.78 is 0. The molecular formula is C30H36N2O2. The van der Waals surface area contributed by atoms with Gasteiger partial charge in [0.05, 0.1) is 6.42 Å². The molecule has 1 N–H and O–H groups in total. The number of amides is 2. The van der Waals surface area contributed by atoms with Gasteiger partial charge < -0.3 is 10.2 Å². The Hall–Kier alpha value is -3.40. The number of carbonyl (C=O) groups is 2. The highest BCUT2D eigenvalue weighted by molar-refractivity contribution is 5.89. The number of aryl methyl sites for hydroxylation is 2. The van der Waals surface area contributed by atoms with Crippen LogP contribution in [0.5, 0.6) is 0 Å². The predicted molar refractivity (Wildman–Crippen MR) is 138 cm³/mol. The van der Waals surface area contributed by atoms with Crippen LogP contribution in [0.1, 0.15) is 47.6 Å². The van der Waals surface area contributed by atoms with Gasteiger partial charge in [0.15, 0.2) is 0 Å². The maximum absolute atomic E-state index is 13.7. The molecule has 0 saturated carbocycles. The number of nitrogens with zero attached hydrogens (tertiary/aromatic N) is 1. The zero-order chi connectivity index (χ0) is 24.3. The Morgan fingerprint density at radius 3 is 2.21 bits per heavy atom. The maximum atomic E-state index is 13.7. The van der Waals surface area contributed by atoms with Crippen molar-refractivity contribution in [3.63, 3.8) is 0 Å². The highest BCUT2D eigenvalue weighted by Crippen LogP contribution is 2.18. The Balaban J connectivity index is 1.94. The SMILES string of the molecule is CCCCNC(=O)[C@H](Cc1ccccc1)N(Cc1ccc(C)cc1)C(=O)Cc1ccccc1C. The number of unbranched alkanes of at least 4 members (excludes halogenated alkanes) is 1. The van der Waals surface area contributed by atoms with E-state index >= 15 is 0 Å². The molecule has 3 aromatic carbocycles. The average molecular weight is 457 g/mol. The third kappa shape index (κ3) is 7.31. The van der Waals surface area contributed by atoms with Crippen LogP contribution < -0.4 is 5.32 Å². The Morgan fingerprint density at radius 2 is 1.53 bits per heavy atom. The second-order valence-corrected chi connectivity index (χ2v) is 8.96. The summed E-state index contributed by atoms with van der Waals surface area (Å²) >= 11 is 0. The fourth-order valence-electron chi connectivity index (χ4n) is 4.02. The zero-order valence-corrected chi connectivity index (χ0v) is 20.6. The van der Waals surface area contributed by atoms with Gasteiger partial charge in [-0.1, -0.05) is 97.8 Å². The summed E-state index contributed by atoms with van der Waals surface area (Å²) in [5.74, 6) is -0.135. The van der Waals surface area contributed by atoms with Gasteiger partial charge in [0.25, 0.3) is 0 Å². The van der Waals surface area contributed by atoms with E-state index in [0.29, 0.717) is 19.5 Å². The summed E-state index contributed by atoms with van der Waals surface area (Å²) in [6.07, 6.45) is 2.66. The molecule has 0 unspecified atom stereocenters. The first kappa shape index (κ1) is 25.2. The van der Waals surface area contributed by atoms with Gasteiger partial charge in [-0.05, 0) is 42.5 Å². The van der Waals surface area contributed by atoms with E-state index in [9.17, 15) is 9.59 Å². The monoisotopic (exact) mass is 456 g/mol. The highest BCUT2D eigenvalue weighted by Gasteiger charge is 2.30. The van der Waals surface area contributed by atoms with E-state index in [1.807, 2.05) is 92.7 Å². The van der Waals surface area contributed by atoms with Gasteiger partial charge in [-0.25, -0.2) is 0 Å². The van der Waals surface area contributed by atoms with Crippen LogP contribution in [0.2, 0.25) is 0 Å². The van der Waals surface area contributed by atoms with Gasteiger partial charge in [0, 0.05) is 19.5 Å². The zero-order valence-electron chi connectivity index (χ0n) is 20.6. The van der Waals surface area contributed by atoms with Gasteiger partial charge in [-0.15, -0.1) is 0 Å². The smallest absolute Gasteiger partial charge is 0.243 e. The topological polar surface area (TPSA) is 49.4 Å². The molecule has 0 heterocycles. The largest absolute Gasteiger partial charge is 0.354 e. The lowest BCUT2D eigenvalue weighted by molar-refractivity contribution is -0.140. The van der Waals surface area contributed by atoms with Crippen molar-refractivity contribution in [2.75, 3.05) is 6.54 Å². The minimum atomic E-state index is -0.586. The lowest BCUT2D eigenvalue weighted by Crippen LogP contribution is -2.51. The number of nitrogens with one attached hydrogen (secondary N) is 1. The van der Waals surface area contributed by atoms with Crippen LogP contribution in [0.4, 0.5) is 0 Å². The van der Waals surface area contributed by atoms with Crippen molar-refractivity contribution in [2.24, 2.45) is 0 Å². The van der Waals surface area contributed by atoms with Crippen molar-refractivity contribution in [3.8, 4) is 0 Å². The summed E-state index contributed by atoms with van der Waals surface area (Å²) in [4.78, 5) is 28.9. The molecule has 4 heteroatoms. The van der Waals surface area contributed by atoms with Crippen LogP contribution >= 0.6 is 0 Å². The Bertz CT molecular complexity index is 1060. The summed E-state index contributed by atoms with van der Waals surface area (Å²) in [7, 11) is 0. The summed E-state index contributed by atoms with van der Waals surface area (Å²) in [6.45, 7) is 7.17. The van der Waals surface area contributed by atoms with Crippen molar-refractivity contribution in [3.05, 3.63) is 107 Å². The van der Waals surface area contributed by atoms with E-state index in [2.05, 4.69) is 12.2 Å². The summed E-state index contributed by atoms with van der Waals surface area (Å²) in [6, 6.07) is 25.5. The Morgan fingerprint density at radius 1 is 0.853 bits per heavy atom. The molecule has 0 aromatic heterocycles. The molecule has 2 amide bonds. The Labute approximate surface area is 204 Å². The minimum Gasteiger partial charge on any atom is -0.354 e. The van der Waals surface area contributed by atoms with Gasteiger partial charge >= 0.3 is 0 Å². The molecule has 34 heavy (non-hydrogen) atoms. The first-order chi connectivity index (χ1) is 16.5. The molecule has 0 saturated heterocycles. The van der Waals surface area contributed by atoms with E-state index in [1.165, 1.54) is 5.56 Å². The predicted octanol–water partition coefficient (Wildman–Crippen LogP) is 5.40. The summed E-state index contributed by atoms with van der Waals surface area (Å²) in [5.41, 5.74) is 5.29. The molecule has 178 valence electrons. The van der Waals surface area contributed by atoms with E-state index in [1.54, 1.807) is 4.90 Å². The van der Waals surface area contributed by atoms with Gasteiger partial charge in [0.2, 0.25) is 11.8 Å². The first-order valence-electron chi connectivity index (χ1n) is 12.2. The van der Waals surface area contributed by atoms with Crippen LogP contribution in [0, 0.1) is 13.8 Å². The first-order valence-corrected chi connectivity index (χ1v) is 12.2. The fraction of sp³-hybridized carbons (Fsp3) is 0.333. The lowest BCUT2D eigenvalue weighted by atomic mass is 10.00. The number of hydrogen-bond acceptors (Lipinski definition) is 2. The molecule has 0 radical (unpaired) electrons. The summed E-state index contributed by atoms with van der Waals surface area (Å²) in [5, 5.41) is 3.08. The van der Waals surface area contributed by atoms with E-state index in [4.69, 9.17) is 0 Å². The number of carbonyl (C=O) groups excluding carboxylic acids is 2. The third-order valence-corrected chi connectivity index (χ3v) is 6.18. The Kier molecular flexibility index (Phi) is 9.45. The quantitative estimate of drug-likeness (QED) is 0.393. The molecule has 3 aromatic rings. The standard InChI is InChI=1S/C30H36N2O2/c1-4-5-19-31-30(34)28(20-25-12-7-6-8-13-25)32(22-26-17-15-23(2)16-18-26)29(33)21-27-14-10-9-11-24(27)3/h6-18,28H,4-5,19-22H2,1-3H3,(H,31,34)/t28-/m0/s1. The number of benzene rings is 3. The molecule has 3 rings (SSSR count). The molecular weight excluding hydrogens is 420 g/mol. The van der Waals surface area contributed by atoms with Gasteiger partial charge in [-0.3, -0.25) is 9.59 Å². The normalized spacial score (nSPS) is 11.6. The minimum absolute atomic E-state index is 0.0403. The van der Waals surface area contributed by atoms with Crippen LogP contribution in [0.3, 0.4) is 0 Å².